The summed E-state index contributed by atoms with van der Waals surface area (Å²) < 4.78 is 18.7. The average molecular weight is 210 g/mol. The molecule has 1 aliphatic heterocycles. The van der Waals surface area contributed by atoms with Gasteiger partial charge >= 0.3 is 0 Å². The molecule has 0 radical (unpaired) electrons. The van der Waals surface area contributed by atoms with Gasteiger partial charge in [-0.3, -0.25) is 0 Å². The molecule has 0 bridgehead atoms. The van der Waals surface area contributed by atoms with E-state index < -0.39 is 0 Å². The first kappa shape index (κ1) is 10.2. The number of rotatable bonds is 3. The van der Waals surface area contributed by atoms with E-state index in [4.69, 9.17) is 4.74 Å². The fourth-order valence-electron chi connectivity index (χ4n) is 1.69. The van der Waals surface area contributed by atoms with Gasteiger partial charge in [0.1, 0.15) is 5.82 Å². The van der Waals surface area contributed by atoms with Crippen molar-refractivity contribution in [3.63, 3.8) is 0 Å². The zero-order chi connectivity index (χ0) is 10.8. The van der Waals surface area contributed by atoms with Crippen molar-refractivity contribution in [1.29, 1.82) is 0 Å². The topological polar surface area (TPSA) is 24.5 Å². The van der Waals surface area contributed by atoms with Gasteiger partial charge in [-0.15, -0.1) is 0 Å². The van der Waals surface area contributed by atoms with E-state index in [0.717, 1.165) is 18.8 Å². The summed E-state index contributed by atoms with van der Waals surface area (Å²) >= 11 is 0. The quantitative estimate of drug-likeness (QED) is 0.821. The van der Waals surface area contributed by atoms with E-state index in [9.17, 15) is 4.39 Å². The van der Waals surface area contributed by atoms with Crippen LogP contribution in [0.15, 0.2) is 18.2 Å². The van der Waals surface area contributed by atoms with Gasteiger partial charge < -0.3 is 15.0 Å². The summed E-state index contributed by atoms with van der Waals surface area (Å²) in [5.74, 6) is -0.177. The predicted octanol–water partition coefficient (Wildman–Crippen LogP) is 1.70. The third-order valence-electron chi connectivity index (χ3n) is 2.76. The van der Waals surface area contributed by atoms with E-state index in [1.807, 2.05) is 18.0 Å². The second-order valence-electron chi connectivity index (χ2n) is 3.68. The lowest BCUT2D eigenvalue weighted by Crippen LogP contribution is -2.52. The van der Waals surface area contributed by atoms with E-state index in [1.54, 1.807) is 13.2 Å². The molecule has 1 fully saturated rings. The summed E-state index contributed by atoms with van der Waals surface area (Å²) in [7, 11) is 3.51. The van der Waals surface area contributed by atoms with Crippen LogP contribution in [-0.4, -0.2) is 33.4 Å². The molecule has 1 aromatic rings. The van der Waals surface area contributed by atoms with Crippen molar-refractivity contribution in [2.45, 2.75) is 6.10 Å². The Balaban J connectivity index is 2.14. The average Bonchev–Trinajstić information content (AvgIpc) is 2.19. The van der Waals surface area contributed by atoms with Gasteiger partial charge in [0.25, 0.3) is 0 Å². The van der Waals surface area contributed by atoms with Crippen LogP contribution < -0.4 is 10.2 Å². The first-order valence-electron chi connectivity index (χ1n) is 4.99. The van der Waals surface area contributed by atoms with Crippen LogP contribution in [-0.2, 0) is 4.74 Å². The molecule has 3 nitrogen and oxygen atoms in total. The fraction of sp³-hybridized carbons (Fsp3) is 0.455. The summed E-state index contributed by atoms with van der Waals surface area (Å²) in [6, 6.07) is 5.04. The molecule has 0 amide bonds. The zero-order valence-electron chi connectivity index (χ0n) is 8.96. The van der Waals surface area contributed by atoms with Crippen LogP contribution in [0.1, 0.15) is 0 Å². The molecule has 0 aromatic heterocycles. The Morgan fingerprint density at radius 1 is 1.47 bits per heavy atom. The molecule has 2 rings (SSSR count). The minimum atomic E-state index is -0.177. The second-order valence-corrected chi connectivity index (χ2v) is 3.68. The van der Waals surface area contributed by atoms with Gasteiger partial charge in [0.2, 0.25) is 0 Å². The lowest BCUT2D eigenvalue weighted by Gasteiger charge is -2.40. The fourth-order valence-corrected chi connectivity index (χ4v) is 1.69. The summed E-state index contributed by atoms with van der Waals surface area (Å²) in [5, 5.41) is 3.00. The van der Waals surface area contributed by atoms with Crippen molar-refractivity contribution in [3.8, 4) is 0 Å². The summed E-state index contributed by atoms with van der Waals surface area (Å²) in [4.78, 5) is 1.98. The molecule has 15 heavy (non-hydrogen) atoms. The first-order chi connectivity index (χ1) is 7.24. The summed E-state index contributed by atoms with van der Waals surface area (Å²) in [6.07, 6.45) is 0.239. The maximum absolute atomic E-state index is 13.5. The van der Waals surface area contributed by atoms with Crippen LogP contribution in [0.2, 0.25) is 0 Å². The van der Waals surface area contributed by atoms with Crippen LogP contribution in [0, 0.1) is 5.82 Å². The molecule has 1 aromatic carbocycles. The molecule has 4 heteroatoms. The van der Waals surface area contributed by atoms with Gasteiger partial charge in [-0.25, -0.2) is 4.39 Å². The predicted molar refractivity (Wildman–Crippen MR) is 59.0 cm³/mol. The number of benzene rings is 1. The minimum Gasteiger partial charge on any atom is -0.388 e. The Morgan fingerprint density at radius 3 is 2.80 bits per heavy atom. The van der Waals surface area contributed by atoms with Gasteiger partial charge in [-0.05, 0) is 18.2 Å². The van der Waals surface area contributed by atoms with Crippen LogP contribution in [0.4, 0.5) is 15.8 Å². The van der Waals surface area contributed by atoms with Crippen molar-refractivity contribution >= 4 is 11.4 Å². The van der Waals surface area contributed by atoms with Gasteiger partial charge in [0.15, 0.2) is 0 Å². The number of halogens is 1. The van der Waals surface area contributed by atoms with Crippen LogP contribution >= 0.6 is 0 Å². The van der Waals surface area contributed by atoms with Crippen molar-refractivity contribution in [3.05, 3.63) is 24.0 Å². The van der Waals surface area contributed by atoms with E-state index in [0.29, 0.717) is 5.69 Å². The third kappa shape index (κ3) is 1.90. The van der Waals surface area contributed by atoms with Gasteiger partial charge in [0.05, 0.1) is 11.8 Å². The molecule has 82 valence electrons. The minimum absolute atomic E-state index is 0.177. The molecule has 1 saturated heterocycles. The Kier molecular flexibility index (Phi) is 2.77. The van der Waals surface area contributed by atoms with Gasteiger partial charge in [-0.1, -0.05) is 0 Å². The van der Waals surface area contributed by atoms with Crippen molar-refractivity contribution in [2.75, 3.05) is 37.5 Å². The molecule has 0 unspecified atom stereocenters. The Bertz CT molecular complexity index is 350. The smallest absolute Gasteiger partial charge is 0.146 e. The monoisotopic (exact) mass is 210 g/mol. The van der Waals surface area contributed by atoms with Crippen molar-refractivity contribution in [2.24, 2.45) is 0 Å². The maximum Gasteiger partial charge on any atom is 0.146 e. The first-order valence-corrected chi connectivity index (χ1v) is 4.99. The highest BCUT2D eigenvalue weighted by Crippen LogP contribution is 2.27. The van der Waals surface area contributed by atoms with Crippen molar-refractivity contribution in [1.82, 2.24) is 0 Å². The normalized spacial score (nSPS) is 16.3. The van der Waals surface area contributed by atoms with E-state index in [-0.39, 0.29) is 11.9 Å². The third-order valence-corrected chi connectivity index (χ3v) is 2.76. The van der Waals surface area contributed by atoms with E-state index >= 15 is 0 Å². The number of nitrogens with one attached hydrogen (secondary N) is 1. The molecule has 1 aliphatic rings. The van der Waals surface area contributed by atoms with Crippen LogP contribution in [0.3, 0.4) is 0 Å². The number of ether oxygens (including phenoxy) is 1. The van der Waals surface area contributed by atoms with Gasteiger partial charge in [0, 0.05) is 32.9 Å². The van der Waals surface area contributed by atoms with Crippen LogP contribution in [0.25, 0.3) is 0 Å². The Morgan fingerprint density at radius 2 is 2.20 bits per heavy atom. The zero-order valence-corrected chi connectivity index (χ0v) is 8.96. The highest BCUT2D eigenvalue weighted by atomic mass is 19.1. The number of hydrogen-bond acceptors (Lipinski definition) is 3. The van der Waals surface area contributed by atoms with Gasteiger partial charge in [-0.2, -0.15) is 0 Å². The molecule has 1 N–H and O–H groups in total. The number of nitrogens with zero attached hydrogens (tertiary/aromatic N) is 1. The number of methoxy groups -OCH3 is 1. The number of hydrogen-bond donors (Lipinski definition) is 1. The Labute approximate surface area is 88.8 Å². The SMILES string of the molecule is CNc1ccc(F)c(N2CC(OC)C2)c1. The summed E-state index contributed by atoms with van der Waals surface area (Å²) in [5.41, 5.74) is 1.57. The van der Waals surface area contributed by atoms with E-state index in [2.05, 4.69) is 5.32 Å². The molecular weight excluding hydrogens is 195 g/mol. The highest BCUT2D eigenvalue weighted by molar-refractivity contribution is 5.60. The second kappa shape index (κ2) is 4.06. The van der Waals surface area contributed by atoms with Crippen LogP contribution in [0.5, 0.6) is 0 Å². The molecule has 0 spiro atoms. The summed E-state index contributed by atoms with van der Waals surface area (Å²) in [6.45, 7) is 1.53. The molecule has 0 saturated carbocycles. The standard InChI is InChI=1S/C11H15FN2O/c1-13-8-3-4-10(12)11(5-8)14-6-9(7-14)15-2/h3-5,9,13H,6-7H2,1-2H3. The molecular formula is C11H15FN2O. The van der Waals surface area contributed by atoms with Crippen molar-refractivity contribution < 1.29 is 9.13 Å². The van der Waals surface area contributed by atoms with E-state index in [1.165, 1.54) is 6.07 Å². The Hall–Kier alpha value is -1.29. The number of anilines is 2. The molecule has 1 heterocycles. The maximum atomic E-state index is 13.5. The largest absolute Gasteiger partial charge is 0.388 e. The lowest BCUT2D eigenvalue weighted by atomic mass is 10.1. The molecule has 0 aliphatic carbocycles. The lowest BCUT2D eigenvalue weighted by molar-refractivity contribution is 0.0784. The highest BCUT2D eigenvalue weighted by Gasteiger charge is 2.28. The molecule has 0 atom stereocenters.